The Hall–Kier alpha value is -1.67. The number of halogens is 1. The van der Waals surface area contributed by atoms with Crippen LogP contribution in [0.4, 0.5) is 4.39 Å². The van der Waals surface area contributed by atoms with E-state index in [4.69, 9.17) is 0 Å². The van der Waals surface area contributed by atoms with Crippen LogP contribution >= 0.6 is 0 Å². The third-order valence-corrected chi connectivity index (χ3v) is 3.74. The van der Waals surface area contributed by atoms with Gasteiger partial charge in [0.2, 0.25) is 0 Å². The van der Waals surface area contributed by atoms with E-state index >= 15 is 0 Å². The normalized spacial score (nSPS) is 12.4. The van der Waals surface area contributed by atoms with E-state index in [9.17, 15) is 4.39 Å². The first-order valence-electron chi connectivity index (χ1n) is 7.06. The Bertz CT molecular complexity index is 577. The lowest BCUT2D eigenvalue weighted by atomic mass is 9.89. The molecule has 0 aliphatic rings. The van der Waals surface area contributed by atoms with Crippen LogP contribution in [-0.2, 0) is 6.42 Å². The van der Waals surface area contributed by atoms with Crippen LogP contribution in [0.15, 0.2) is 42.5 Å². The van der Waals surface area contributed by atoms with Crippen LogP contribution in [0.1, 0.15) is 28.2 Å². The third kappa shape index (κ3) is 3.67. The molecule has 1 N–H and O–H groups in total. The van der Waals surface area contributed by atoms with E-state index in [2.05, 4.69) is 36.5 Å². The van der Waals surface area contributed by atoms with E-state index in [0.717, 1.165) is 18.5 Å². The molecule has 2 aromatic carbocycles. The fourth-order valence-electron chi connectivity index (χ4n) is 2.63. The van der Waals surface area contributed by atoms with Gasteiger partial charge in [-0.3, -0.25) is 0 Å². The predicted octanol–water partition coefficient (Wildman–Crippen LogP) is 3.99. The lowest BCUT2D eigenvalue weighted by molar-refractivity contribution is 0.613. The Morgan fingerprint density at radius 3 is 2.55 bits per heavy atom. The maximum absolute atomic E-state index is 13.2. The number of rotatable bonds is 5. The molecule has 0 amide bonds. The third-order valence-electron chi connectivity index (χ3n) is 3.74. The highest BCUT2D eigenvalue weighted by atomic mass is 19.1. The highest BCUT2D eigenvalue weighted by Crippen LogP contribution is 2.23. The molecule has 1 atom stereocenters. The van der Waals surface area contributed by atoms with Crippen LogP contribution in [0, 0.1) is 19.7 Å². The Balaban J connectivity index is 2.25. The molecule has 0 aromatic heterocycles. The summed E-state index contributed by atoms with van der Waals surface area (Å²) in [4.78, 5) is 0. The fourth-order valence-corrected chi connectivity index (χ4v) is 2.63. The maximum atomic E-state index is 13.2. The standard InChI is InChI=1S/C18H22FN/c1-13-5-4-6-16(9-13)17(12-20-3)11-15-7-8-18(19)10-14(15)2/h4-10,17,20H,11-12H2,1-3H3. The molecule has 1 nitrogen and oxygen atoms in total. The maximum Gasteiger partial charge on any atom is 0.123 e. The number of hydrogen-bond acceptors (Lipinski definition) is 1. The molecule has 0 aliphatic carbocycles. The molecule has 0 spiro atoms. The van der Waals surface area contributed by atoms with E-state index in [1.807, 2.05) is 20.0 Å². The first kappa shape index (κ1) is 14.7. The van der Waals surface area contributed by atoms with Gasteiger partial charge in [-0.15, -0.1) is 0 Å². The molecule has 0 aliphatic heterocycles. The number of likely N-dealkylation sites (N-methyl/N-ethyl adjacent to an activating group) is 1. The first-order chi connectivity index (χ1) is 9.60. The Kier molecular flexibility index (Phi) is 4.91. The molecule has 2 heteroatoms. The van der Waals surface area contributed by atoms with Gasteiger partial charge in [0.05, 0.1) is 0 Å². The van der Waals surface area contributed by atoms with Crippen LogP contribution in [-0.4, -0.2) is 13.6 Å². The summed E-state index contributed by atoms with van der Waals surface area (Å²) in [6.07, 6.45) is 0.927. The molecular formula is C18H22FN. The molecule has 0 saturated carbocycles. The minimum Gasteiger partial charge on any atom is -0.319 e. The van der Waals surface area contributed by atoms with Gasteiger partial charge in [-0.2, -0.15) is 0 Å². The Morgan fingerprint density at radius 2 is 1.90 bits per heavy atom. The van der Waals surface area contributed by atoms with E-state index in [-0.39, 0.29) is 5.82 Å². The van der Waals surface area contributed by atoms with Crippen LogP contribution in [0.5, 0.6) is 0 Å². The van der Waals surface area contributed by atoms with Gasteiger partial charge in [-0.1, -0.05) is 35.9 Å². The zero-order valence-corrected chi connectivity index (χ0v) is 12.4. The lowest BCUT2D eigenvalue weighted by Crippen LogP contribution is -2.19. The number of nitrogens with one attached hydrogen (secondary N) is 1. The average molecular weight is 271 g/mol. The smallest absolute Gasteiger partial charge is 0.123 e. The highest BCUT2D eigenvalue weighted by Gasteiger charge is 2.13. The Labute approximate surface area is 120 Å². The van der Waals surface area contributed by atoms with E-state index in [1.54, 1.807) is 12.1 Å². The second-order valence-electron chi connectivity index (χ2n) is 5.44. The molecule has 106 valence electrons. The summed E-state index contributed by atoms with van der Waals surface area (Å²) in [5, 5.41) is 3.26. The highest BCUT2D eigenvalue weighted by molar-refractivity contribution is 5.32. The summed E-state index contributed by atoms with van der Waals surface area (Å²) in [6.45, 7) is 5.01. The Morgan fingerprint density at radius 1 is 1.10 bits per heavy atom. The molecule has 2 rings (SSSR count). The molecule has 0 bridgehead atoms. The van der Waals surface area contributed by atoms with Crippen LogP contribution < -0.4 is 5.32 Å². The fraction of sp³-hybridized carbons (Fsp3) is 0.333. The molecule has 0 heterocycles. The van der Waals surface area contributed by atoms with Crippen LogP contribution in [0.25, 0.3) is 0 Å². The molecular weight excluding hydrogens is 249 g/mol. The van der Waals surface area contributed by atoms with Gasteiger partial charge in [0.15, 0.2) is 0 Å². The molecule has 1 unspecified atom stereocenters. The van der Waals surface area contributed by atoms with Crippen molar-refractivity contribution in [1.29, 1.82) is 0 Å². The SMILES string of the molecule is CNCC(Cc1ccc(F)cc1C)c1cccc(C)c1. The minimum atomic E-state index is -0.160. The summed E-state index contributed by atoms with van der Waals surface area (Å²) >= 11 is 0. The van der Waals surface area contributed by atoms with Crippen molar-refractivity contribution in [2.45, 2.75) is 26.2 Å². The van der Waals surface area contributed by atoms with E-state index in [0.29, 0.717) is 5.92 Å². The largest absolute Gasteiger partial charge is 0.319 e. The van der Waals surface area contributed by atoms with Crippen LogP contribution in [0.3, 0.4) is 0 Å². The van der Waals surface area contributed by atoms with E-state index in [1.165, 1.54) is 16.7 Å². The number of aryl methyl sites for hydroxylation is 2. The molecule has 0 fully saturated rings. The summed E-state index contributed by atoms with van der Waals surface area (Å²) in [5.41, 5.74) is 4.86. The van der Waals surface area contributed by atoms with Gasteiger partial charge in [0, 0.05) is 12.5 Å². The second-order valence-corrected chi connectivity index (χ2v) is 5.44. The number of benzene rings is 2. The van der Waals surface area contributed by atoms with Gasteiger partial charge in [0.25, 0.3) is 0 Å². The van der Waals surface area contributed by atoms with Crippen molar-refractivity contribution in [2.75, 3.05) is 13.6 Å². The van der Waals surface area contributed by atoms with Gasteiger partial charge in [-0.25, -0.2) is 4.39 Å². The van der Waals surface area contributed by atoms with E-state index < -0.39 is 0 Å². The zero-order chi connectivity index (χ0) is 14.5. The summed E-state index contributed by atoms with van der Waals surface area (Å²) in [6, 6.07) is 13.7. The topological polar surface area (TPSA) is 12.0 Å². The van der Waals surface area contributed by atoms with Crippen molar-refractivity contribution in [3.8, 4) is 0 Å². The molecule has 20 heavy (non-hydrogen) atoms. The van der Waals surface area contributed by atoms with Gasteiger partial charge in [-0.05, 0) is 56.1 Å². The van der Waals surface area contributed by atoms with Crippen molar-refractivity contribution < 1.29 is 4.39 Å². The summed E-state index contributed by atoms with van der Waals surface area (Å²) in [5.74, 6) is 0.246. The van der Waals surface area contributed by atoms with Gasteiger partial charge >= 0.3 is 0 Å². The second kappa shape index (κ2) is 6.67. The minimum absolute atomic E-state index is 0.160. The van der Waals surface area contributed by atoms with Crippen LogP contribution in [0.2, 0.25) is 0 Å². The average Bonchev–Trinajstić information content (AvgIpc) is 2.41. The number of hydrogen-bond donors (Lipinski definition) is 1. The van der Waals surface area contributed by atoms with Crippen molar-refractivity contribution in [2.24, 2.45) is 0 Å². The summed E-state index contributed by atoms with van der Waals surface area (Å²) in [7, 11) is 1.97. The molecule has 0 saturated heterocycles. The van der Waals surface area contributed by atoms with Gasteiger partial charge in [0.1, 0.15) is 5.82 Å². The quantitative estimate of drug-likeness (QED) is 0.867. The van der Waals surface area contributed by atoms with Crippen molar-refractivity contribution in [3.05, 3.63) is 70.5 Å². The monoisotopic (exact) mass is 271 g/mol. The predicted molar refractivity (Wildman–Crippen MR) is 82.7 cm³/mol. The summed E-state index contributed by atoms with van der Waals surface area (Å²) < 4.78 is 13.2. The van der Waals surface area contributed by atoms with Crippen molar-refractivity contribution in [3.63, 3.8) is 0 Å². The zero-order valence-electron chi connectivity index (χ0n) is 12.4. The molecule has 0 radical (unpaired) electrons. The van der Waals surface area contributed by atoms with Crippen molar-refractivity contribution in [1.82, 2.24) is 5.32 Å². The van der Waals surface area contributed by atoms with Gasteiger partial charge < -0.3 is 5.32 Å². The first-order valence-corrected chi connectivity index (χ1v) is 7.06. The molecule has 2 aromatic rings. The van der Waals surface area contributed by atoms with Crippen molar-refractivity contribution >= 4 is 0 Å². The lowest BCUT2D eigenvalue weighted by Gasteiger charge is -2.19.